The van der Waals surface area contributed by atoms with Crippen molar-refractivity contribution in [3.63, 3.8) is 0 Å². The van der Waals surface area contributed by atoms with Gasteiger partial charge in [0.15, 0.2) is 0 Å². The molecule has 5 aromatic rings. The fourth-order valence-electron chi connectivity index (χ4n) is 11.5. The zero-order chi connectivity index (χ0) is 74.4. The number of ether oxygens (including phenoxy) is 5. The highest BCUT2D eigenvalue weighted by molar-refractivity contribution is 8.45. The third-order valence-corrected chi connectivity index (χ3v) is 24.3. The number of aryl methyl sites for hydroxylation is 5. The van der Waals surface area contributed by atoms with Gasteiger partial charge in [-0.3, -0.25) is 112 Å². The van der Waals surface area contributed by atoms with Crippen molar-refractivity contribution < 1.29 is 91.7 Å². The van der Waals surface area contributed by atoms with Crippen molar-refractivity contribution in [1.29, 1.82) is 0 Å². The molecule has 0 radical (unpaired) electrons. The van der Waals surface area contributed by atoms with Gasteiger partial charge in [-0.1, -0.05) is 49.0 Å². The van der Waals surface area contributed by atoms with Gasteiger partial charge in [0.2, 0.25) is 0 Å². The van der Waals surface area contributed by atoms with Crippen molar-refractivity contribution in [2.45, 2.75) is 186 Å². The standard InChI is InChI=1S/C53H73N10O30P5S4/c1-23(2)88-94(74)89-31-10-40(60-15-25(4)45(65)55-50(60)70)84-35(31)19-79-96(76,100)91-33-12-42(62-17-27(6)47(67)57-52(62)72)86-37(33)21-81-98(78,102)93-34-13-43(63-18-28(7)48(68)58-53(63)73)87-38(34)22-82-97(77,101)92-32-11-41(61-16-26(5)46(66)56-51(61)71)85-36(32)20-80-95(75,99)90-30-9-39(83-29(30)8)59-14-24(3)44(64)54-49(59)69/h14-18,23,29-43,94H,9-13,19-22H2,1-8H3,(H,75,99)(H,76,100)(H,77,101)(H,78,102)(H,54,64,69)(H,55,65,70)(H,56,66,71)(H,57,67,72)(H,58,68,73)/t29-,30+,31+,32+,33+,34+,35-,36-,37-,38-,39-,40-,41-,42-,43-,95-,96-,97-,98-/m1/s1. The van der Waals surface area contributed by atoms with E-state index < -0.39 is 223 Å². The molecular formula is C53H73N10O30P5S4. The molecule has 5 fully saturated rings. The molecule has 5 aliphatic rings. The molecule has 0 spiro atoms. The van der Waals surface area contributed by atoms with Gasteiger partial charge in [0.25, 0.3) is 27.8 Å². The Balaban J connectivity index is 0.844. The largest absolute Gasteiger partial charge is 0.386 e. The van der Waals surface area contributed by atoms with Gasteiger partial charge in [-0.2, -0.15) is 0 Å². The number of nitrogens with zero attached hydrogens (tertiary/aromatic N) is 5. The number of aromatic amines is 5. The smallest absolute Gasteiger partial charge is 0.352 e. The molecule has 0 amide bonds. The van der Waals surface area contributed by atoms with E-state index in [2.05, 4.69) is 73.9 Å². The zero-order valence-electron chi connectivity index (χ0n) is 55.0. The van der Waals surface area contributed by atoms with Gasteiger partial charge in [-0.15, -0.1) is 0 Å². The maximum absolute atomic E-state index is 14.6. The van der Waals surface area contributed by atoms with Gasteiger partial charge < -0.3 is 32.7 Å². The molecule has 5 aromatic heterocycles. The van der Waals surface area contributed by atoms with Crippen LogP contribution >= 0.6 is 84.4 Å². The first-order valence-electron chi connectivity index (χ1n) is 31.1. The third kappa shape index (κ3) is 19.7. The molecule has 10 heterocycles. The lowest BCUT2D eigenvalue weighted by atomic mass is 10.2. The third-order valence-electron chi connectivity index (χ3n) is 16.6. The molecule has 564 valence electrons. The van der Waals surface area contributed by atoms with E-state index in [-0.39, 0.29) is 53.5 Å². The summed E-state index contributed by atoms with van der Waals surface area (Å²) in [5, 5.41) is 0. The van der Waals surface area contributed by atoms with Gasteiger partial charge in [0, 0.05) is 90.9 Å². The Labute approximate surface area is 596 Å². The lowest BCUT2D eigenvalue weighted by Crippen LogP contribution is -2.33. The minimum Gasteiger partial charge on any atom is -0.352 e. The first kappa shape index (κ1) is 79.9. The second kappa shape index (κ2) is 32.4. The molecule has 0 saturated carbocycles. The molecule has 102 heavy (non-hydrogen) atoms. The summed E-state index contributed by atoms with van der Waals surface area (Å²) in [5.41, 5.74) is -7.32. The van der Waals surface area contributed by atoms with Crippen LogP contribution in [0.5, 0.6) is 0 Å². The highest BCUT2D eigenvalue weighted by Gasteiger charge is 2.49. The van der Waals surface area contributed by atoms with Crippen LogP contribution in [0.15, 0.2) is 78.9 Å². The van der Waals surface area contributed by atoms with Gasteiger partial charge in [0.05, 0.1) is 50.8 Å². The Morgan fingerprint density at radius 2 is 0.637 bits per heavy atom. The summed E-state index contributed by atoms with van der Waals surface area (Å²) in [6.45, 7) is -9.81. The topological polar surface area (TPSA) is 498 Å². The number of nitrogens with one attached hydrogen (secondary N) is 5. The number of H-pyrrole nitrogens is 5. The maximum atomic E-state index is 14.6. The van der Waals surface area contributed by atoms with E-state index in [1.165, 1.54) is 59.4 Å². The van der Waals surface area contributed by atoms with Crippen molar-refractivity contribution in [1.82, 2.24) is 47.8 Å². The summed E-state index contributed by atoms with van der Waals surface area (Å²) in [6, 6.07) is 0. The van der Waals surface area contributed by atoms with Gasteiger partial charge in [-0.05, 0) is 55.4 Å². The van der Waals surface area contributed by atoms with E-state index in [0.717, 1.165) is 29.0 Å². The minimum absolute atomic E-state index is 0.0521. The quantitative estimate of drug-likeness (QED) is 0.0243. The predicted molar refractivity (Wildman–Crippen MR) is 368 cm³/mol. The van der Waals surface area contributed by atoms with E-state index in [1.54, 1.807) is 20.8 Å². The Hall–Kier alpha value is -4.65. The highest BCUT2D eigenvalue weighted by Crippen LogP contribution is 2.61. The summed E-state index contributed by atoms with van der Waals surface area (Å²) >= 11 is 16.9. The number of hydrogen-bond donors (Lipinski definition) is 9. The second-order valence-corrected chi connectivity index (χ2v) is 37.1. The molecule has 1 unspecified atom stereocenters. The van der Waals surface area contributed by atoms with E-state index in [9.17, 15) is 70.8 Å². The van der Waals surface area contributed by atoms with Gasteiger partial charge in [-0.25, -0.2) is 42.2 Å². The van der Waals surface area contributed by atoms with E-state index in [0.29, 0.717) is 0 Å². The van der Waals surface area contributed by atoms with Crippen molar-refractivity contribution in [3.05, 3.63) is 163 Å². The van der Waals surface area contributed by atoms with Crippen molar-refractivity contribution in [2.24, 2.45) is 0 Å². The maximum Gasteiger partial charge on any atom is 0.386 e. The minimum atomic E-state index is -4.81. The summed E-state index contributed by atoms with van der Waals surface area (Å²) in [6.07, 6.45) is -14.9. The lowest BCUT2D eigenvalue weighted by Gasteiger charge is -2.26. The van der Waals surface area contributed by atoms with Crippen LogP contribution in [-0.2, 0) is 91.7 Å². The number of hydrogen-bond acceptors (Lipinski definition) is 30. The van der Waals surface area contributed by atoms with Crippen LogP contribution in [0, 0.1) is 34.6 Å². The first-order chi connectivity index (χ1) is 47.7. The average molecular weight is 1610 g/mol. The normalized spacial score (nSPS) is 29.4. The molecule has 0 bridgehead atoms. The SMILES string of the molecule is Cc1cn([C@H]2C[C@H](O[P@](=O)(S)OC[C@H]3O[C@@H](n4cc(C)c(=O)[nH]c4=O)C[C@@H]3O[P@](=O)(S)OC[C@H]3O[C@@H](n4cc(C)c(=O)[nH]c4=O)C[C@@H]3O[P@](=O)(S)OC[C@H]3O[C@@H](n4cc(C)c(=O)[nH]c4=O)C[C@@H]3O[P@](=O)(S)OC[C@H]3O[C@@H](n4cc(C)c(=O)[nH]c4=O)C[C@@H]3O[PH](=O)OC(C)C)[C@@H](C)O2)c(=O)[nH]c1=O. The molecule has 5 aliphatic heterocycles. The summed E-state index contributed by atoms with van der Waals surface area (Å²) in [7, 11) is -3.22. The zero-order valence-corrected chi connectivity index (χ0v) is 63.2. The summed E-state index contributed by atoms with van der Waals surface area (Å²) < 4.78 is 164. The van der Waals surface area contributed by atoms with Crippen LogP contribution in [-0.4, -0.2) is 141 Å². The van der Waals surface area contributed by atoms with Crippen molar-refractivity contribution in [2.75, 3.05) is 26.4 Å². The summed E-state index contributed by atoms with van der Waals surface area (Å²) in [4.78, 5) is 138. The van der Waals surface area contributed by atoms with Crippen LogP contribution in [0.1, 0.15) is 112 Å². The van der Waals surface area contributed by atoms with Crippen LogP contribution < -0.4 is 56.2 Å². The molecule has 49 heteroatoms. The van der Waals surface area contributed by atoms with Gasteiger partial charge >= 0.3 is 63.9 Å². The fourth-order valence-corrected chi connectivity index (χ4v) is 18.5. The molecular weight excluding hydrogens is 1540 g/mol. The van der Waals surface area contributed by atoms with Crippen LogP contribution in [0.3, 0.4) is 0 Å². The Morgan fingerprint density at radius 3 is 0.902 bits per heavy atom. The van der Waals surface area contributed by atoms with E-state index >= 15 is 0 Å². The van der Waals surface area contributed by atoms with Crippen molar-refractivity contribution >= 4 is 84.4 Å². The highest BCUT2D eigenvalue weighted by atomic mass is 32.7. The van der Waals surface area contributed by atoms with E-state index in [4.69, 9.17) is 68.9 Å². The number of rotatable bonds is 29. The average Bonchev–Trinajstić information content (AvgIpc) is 1.66. The lowest BCUT2D eigenvalue weighted by molar-refractivity contribution is -0.0530. The van der Waals surface area contributed by atoms with Crippen LogP contribution in [0.25, 0.3) is 0 Å². The van der Waals surface area contributed by atoms with Gasteiger partial charge in [0.1, 0.15) is 73.9 Å². The van der Waals surface area contributed by atoms with Crippen molar-refractivity contribution in [3.8, 4) is 0 Å². The molecule has 5 N–H and O–H groups in total. The molecule has 40 nitrogen and oxygen atoms in total. The molecule has 5 saturated heterocycles. The molecule has 20 atom stereocenters. The van der Waals surface area contributed by atoms with Crippen LogP contribution in [0.2, 0.25) is 0 Å². The Kier molecular flexibility index (Phi) is 25.4. The Morgan fingerprint density at radius 1 is 0.412 bits per heavy atom. The first-order valence-corrected chi connectivity index (χ1v) is 43.1. The van der Waals surface area contributed by atoms with Crippen LogP contribution in [0.4, 0.5) is 0 Å². The number of thiol groups is 4. The Bertz CT molecular complexity index is 4850. The fraction of sp³-hybridized carbons (Fsp3) is 0.623. The monoisotopic (exact) mass is 1610 g/mol. The van der Waals surface area contributed by atoms with E-state index in [1.807, 2.05) is 0 Å². The molecule has 0 aliphatic carbocycles. The molecule has 0 aromatic carbocycles. The predicted octanol–water partition coefficient (Wildman–Crippen LogP) is 3.70. The molecule has 10 rings (SSSR count). The number of aromatic nitrogens is 10. The summed E-state index contributed by atoms with van der Waals surface area (Å²) in [5.74, 6) is 0. The second-order valence-electron chi connectivity index (χ2n) is 24.6.